The molecule has 0 aliphatic heterocycles. The van der Waals surface area contributed by atoms with E-state index in [0.717, 1.165) is 4.47 Å². The third-order valence-corrected chi connectivity index (χ3v) is 3.30. The maximum Gasteiger partial charge on any atom is 0.316 e. The molecule has 0 spiro atoms. The summed E-state index contributed by atoms with van der Waals surface area (Å²) in [5.74, 6) is -0.276. The van der Waals surface area contributed by atoms with Gasteiger partial charge >= 0.3 is 10.5 Å². The van der Waals surface area contributed by atoms with Gasteiger partial charge in [-0.25, -0.2) is 0 Å². The van der Waals surface area contributed by atoms with Gasteiger partial charge in [0.25, 0.3) is 5.91 Å². The Balaban J connectivity index is 0.000000816. The molecule has 6 nitrogen and oxygen atoms in total. The van der Waals surface area contributed by atoms with E-state index in [4.69, 9.17) is 0 Å². The Morgan fingerprint density at radius 3 is 2.00 bits per heavy atom. The number of hydrogen-bond donors (Lipinski definition) is 2. The summed E-state index contributed by atoms with van der Waals surface area (Å²) in [4.78, 5) is 12.0. The van der Waals surface area contributed by atoms with Crippen LogP contribution in [0.4, 0.5) is 11.4 Å². The maximum absolute atomic E-state index is 12.0. The van der Waals surface area contributed by atoms with Crippen molar-refractivity contribution in [1.82, 2.24) is 5.32 Å². The lowest BCUT2D eigenvalue weighted by Crippen LogP contribution is -2.11. The lowest BCUT2D eigenvalue weighted by molar-refractivity contribution is 0.102. The Bertz CT molecular complexity index is 765. The molecule has 0 unspecified atom stereocenters. The second-order valence-corrected chi connectivity index (χ2v) is 5.85. The number of nitrogens with one attached hydrogen (secondary N) is 2. The van der Waals surface area contributed by atoms with Gasteiger partial charge in [-0.1, -0.05) is 15.9 Å². The van der Waals surface area contributed by atoms with Gasteiger partial charge in [0.1, 0.15) is 0 Å². The van der Waals surface area contributed by atoms with E-state index in [-0.39, 0.29) is 11.6 Å². The van der Waals surface area contributed by atoms with Gasteiger partial charge < -0.3 is 10.6 Å². The minimum atomic E-state index is -2.50. The summed E-state index contributed by atoms with van der Waals surface area (Å²) >= 11 is 3.31. The van der Waals surface area contributed by atoms with Crippen molar-refractivity contribution in [2.45, 2.75) is 0 Å². The largest absolute Gasteiger partial charge is 0.323 e. The summed E-state index contributed by atoms with van der Waals surface area (Å²) in [5, 5.41) is 5.48. The zero-order chi connectivity index (χ0) is 17.2. The Morgan fingerprint density at radius 2 is 1.52 bits per heavy atom. The zero-order valence-electron chi connectivity index (χ0n) is 12.6. The minimum Gasteiger partial charge on any atom is -0.323 e. The van der Waals surface area contributed by atoms with Gasteiger partial charge in [-0.2, -0.15) is 8.42 Å². The van der Waals surface area contributed by atoms with Crippen molar-refractivity contribution < 1.29 is 13.2 Å². The third-order valence-electron chi connectivity index (χ3n) is 2.41. The first kappa shape index (κ1) is 19.0. The van der Waals surface area contributed by atoms with Crippen molar-refractivity contribution in [2.24, 2.45) is 4.36 Å². The van der Waals surface area contributed by atoms with E-state index in [1.165, 1.54) is 24.3 Å². The number of carbonyl (C=O) groups excluding carboxylic acids is 1. The van der Waals surface area contributed by atoms with Crippen molar-refractivity contribution in [2.75, 3.05) is 19.4 Å². The van der Waals surface area contributed by atoms with Crippen molar-refractivity contribution >= 4 is 43.7 Å². The molecule has 0 bridgehead atoms. The van der Waals surface area contributed by atoms with E-state index in [1.807, 2.05) is 26.2 Å². The van der Waals surface area contributed by atoms with Crippen LogP contribution in [0.5, 0.6) is 0 Å². The van der Waals surface area contributed by atoms with E-state index in [0.29, 0.717) is 11.3 Å². The molecule has 0 saturated carbocycles. The molecule has 0 aliphatic rings. The topological polar surface area (TPSA) is 87.6 Å². The molecule has 0 saturated heterocycles. The van der Waals surface area contributed by atoms with E-state index < -0.39 is 10.5 Å². The van der Waals surface area contributed by atoms with E-state index >= 15 is 0 Å². The number of hydrogen-bond acceptors (Lipinski definition) is 5. The first-order chi connectivity index (χ1) is 11.0. The molecule has 2 N–H and O–H groups in total. The van der Waals surface area contributed by atoms with Crippen LogP contribution in [0.3, 0.4) is 0 Å². The summed E-state index contributed by atoms with van der Waals surface area (Å²) in [6, 6.07) is 13.1. The molecule has 0 heterocycles. The van der Waals surface area contributed by atoms with Crippen LogP contribution in [0.25, 0.3) is 0 Å². The molecular weight excluding hydrogens is 382 g/mol. The third kappa shape index (κ3) is 7.18. The number of anilines is 1. The number of carbonyl (C=O) groups is 1. The first-order valence-corrected chi connectivity index (χ1v) is 8.35. The molecule has 0 aromatic heterocycles. The molecule has 8 heteroatoms. The van der Waals surface area contributed by atoms with Gasteiger partial charge in [-0.05, 0) is 62.6 Å². The summed E-state index contributed by atoms with van der Waals surface area (Å²) in [5.41, 5.74) is 1.37. The second-order valence-electron chi connectivity index (χ2n) is 4.32. The maximum atomic E-state index is 12.0. The van der Waals surface area contributed by atoms with Gasteiger partial charge in [-0.3, -0.25) is 4.79 Å². The van der Waals surface area contributed by atoms with Crippen LogP contribution in [-0.2, 0) is 10.5 Å². The van der Waals surface area contributed by atoms with E-state index in [9.17, 15) is 13.2 Å². The van der Waals surface area contributed by atoms with Crippen LogP contribution in [0, 0.1) is 0 Å². The monoisotopic (exact) mass is 397 g/mol. The fraction of sp³-hybridized carbons (Fsp3) is 0.133. The molecule has 2 aromatic carbocycles. The second kappa shape index (κ2) is 9.88. The van der Waals surface area contributed by atoms with Crippen LogP contribution in [0.15, 0.2) is 57.4 Å². The Hall–Kier alpha value is -2.03. The average molecular weight is 398 g/mol. The number of amides is 1. The van der Waals surface area contributed by atoms with Gasteiger partial charge in [0, 0.05) is 15.7 Å². The highest BCUT2D eigenvalue weighted by molar-refractivity contribution is 9.10. The standard InChI is InChI=1S/C13H9BrN2O3S.C2H7N/c14-10-3-7-11(8-4-10)15-13(17)9-1-5-12(6-2-9)16-20(18)19;1-3-2/h1-8H,(H,15,17);3H,1-2H3. The quantitative estimate of drug-likeness (QED) is 0.831. The number of nitrogens with zero attached hydrogens (tertiary/aromatic N) is 1. The summed E-state index contributed by atoms with van der Waals surface area (Å²) in [6.45, 7) is 0. The zero-order valence-corrected chi connectivity index (χ0v) is 15.0. The highest BCUT2D eigenvalue weighted by Crippen LogP contribution is 2.16. The molecule has 2 rings (SSSR count). The van der Waals surface area contributed by atoms with Crippen LogP contribution < -0.4 is 10.6 Å². The van der Waals surface area contributed by atoms with Crippen LogP contribution in [-0.4, -0.2) is 28.4 Å². The van der Waals surface area contributed by atoms with Crippen molar-refractivity contribution in [3.63, 3.8) is 0 Å². The molecule has 0 aliphatic carbocycles. The predicted molar refractivity (Wildman–Crippen MR) is 94.5 cm³/mol. The smallest absolute Gasteiger partial charge is 0.316 e. The number of benzene rings is 2. The molecular formula is C15H16BrN3O3S. The Morgan fingerprint density at radius 1 is 1.00 bits per heavy atom. The molecule has 122 valence electrons. The molecule has 0 atom stereocenters. The van der Waals surface area contributed by atoms with Crippen molar-refractivity contribution in [3.8, 4) is 0 Å². The average Bonchev–Trinajstić information content (AvgIpc) is 2.50. The SMILES string of the molecule is CNC.O=C(Nc1ccc(Br)cc1)c1ccc(N=S(=O)=O)cc1. The predicted octanol–water partition coefficient (Wildman–Crippen LogP) is 3.23. The lowest BCUT2D eigenvalue weighted by atomic mass is 10.2. The fourth-order valence-electron chi connectivity index (χ4n) is 1.50. The van der Waals surface area contributed by atoms with Gasteiger partial charge in [0.05, 0.1) is 5.69 Å². The molecule has 0 fully saturated rings. The normalized spacial score (nSPS) is 9.35. The van der Waals surface area contributed by atoms with Crippen LogP contribution in [0.2, 0.25) is 0 Å². The van der Waals surface area contributed by atoms with Gasteiger partial charge in [-0.15, -0.1) is 4.36 Å². The van der Waals surface area contributed by atoms with E-state index in [2.05, 4.69) is 30.9 Å². The van der Waals surface area contributed by atoms with E-state index in [1.54, 1.807) is 12.1 Å². The fourth-order valence-corrected chi connectivity index (χ4v) is 2.05. The Kier molecular flexibility index (Phi) is 8.17. The lowest BCUT2D eigenvalue weighted by Gasteiger charge is -2.05. The minimum absolute atomic E-state index is 0.276. The first-order valence-electron chi connectivity index (χ1n) is 6.53. The summed E-state index contributed by atoms with van der Waals surface area (Å²) < 4.78 is 25.1. The number of halogens is 1. The molecule has 2 aromatic rings. The van der Waals surface area contributed by atoms with Crippen LogP contribution in [0.1, 0.15) is 10.4 Å². The highest BCUT2D eigenvalue weighted by Gasteiger charge is 2.05. The van der Waals surface area contributed by atoms with Crippen molar-refractivity contribution in [1.29, 1.82) is 0 Å². The molecule has 0 radical (unpaired) electrons. The van der Waals surface area contributed by atoms with Crippen LogP contribution >= 0.6 is 15.9 Å². The molecule has 1 amide bonds. The van der Waals surface area contributed by atoms with Gasteiger partial charge in [0.2, 0.25) is 0 Å². The summed E-state index contributed by atoms with van der Waals surface area (Å²) in [7, 11) is 1.25. The molecule has 23 heavy (non-hydrogen) atoms. The van der Waals surface area contributed by atoms with Crippen molar-refractivity contribution in [3.05, 3.63) is 58.6 Å². The van der Waals surface area contributed by atoms with Gasteiger partial charge in [0.15, 0.2) is 0 Å². The highest BCUT2D eigenvalue weighted by atomic mass is 79.9. The number of rotatable bonds is 3. The summed E-state index contributed by atoms with van der Waals surface area (Å²) in [6.07, 6.45) is 0. The Labute approximate surface area is 144 Å².